The fourth-order valence-electron chi connectivity index (χ4n) is 4.34. The summed E-state index contributed by atoms with van der Waals surface area (Å²) in [7, 11) is 3.06. The summed E-state index contributed by atoms with van der Waals surface area (Å²) in [5.74, 6) is 0.823. The van der Waals surface area contributed by atoms with Crippen molar-refractivity contribution in [2.24, 2.45) is 5.92 Å². The van der Waals surface area contributed by atoms with Crippen LogP contribution in [0.15, 0.2) is 42.7 Å². The molecular weight excluding hydrogens is 446 g/mol. The van der Waals surface area contributed by atoms with Gasteiger partial charge >= 0.3 is 0 Å². The molecule has 0 unspecified atom stereocenters. The molecule has 1 aliphatic heterocycles. The zero-order valence-corrected chi connectivity index (χ0v) is 20.6. The first-order chi connectivity index (χ1) is 16.9. The Morgan fingerprint density at radius 1 is 1.14 bits per heavy atom. The third-order valence-corrected chi connectivity index (χ3v) is 5.98. The van der Waals surface area contributed by atoms with E-state index in [0.717, 1.165) is 16.8 Å². The average Bonchev–Trinajstić information content (AvgIpc) is 3.23. The van der Waals surface area contributed by atoms with Gasteiger partial charge in [0, 0.05) is 49.7 Å². The molecule has 0 atom stereocenters. The van der Waals surface area contributed by atoms with Crippen molar-refractivity contribution in [1.29, 1.82) is 0 Å². The van der Waals surface area contributed by atoms with E-state index in [2.05, 4.69) is 29.2 Å². The molecule has 0 saturated carbocycles. The highest BCUT2D eigenvalue weighted by Gasteiger charge is 2.32. The molecule has 0 spiro atoms. The highest BCUT2D eigenvalue weighted by Crippen LogP contribution is 2.33. The van der Waals surface area contributed by atoms with Crippen LogP contribution in [0.2, 0.25) is 0 Å². The molecule has 4 rings (SSSR count). The molecule has 1 aromatic carbocycles. The van der Waals surface area contributed by atoms with Crippen LogP contribution in [0.25, 0.3) is 0 Å². The van der Waals surface area contributed by atoms with Crippen molar-refractivity contribution in [3.05, 3.63) is 70.8 Å². The van der Waals surface area contributed by atoms with Crippen LogP contribution in [0.1, 0.15) is 51.5 Å². The molecule has 9 nitrogen and oxygen atoms in total. The van der Waals surface area contributed by atoms with E-state index < -0.39 is 0 Å². The van der Waals surface area contributed by atoms with Crippen LogP contribution in [-0.4, -0.2) is 52.2 Å². The van der Waals surface area contributed by atoms with E-state index in [1.807, 2.05) is 16.8 Å². The lowest BCUT2D eigenvalue weighted by Crippen LogP contribution is -2.37. The van der Waals surface area contributed by atoms with Gasteiger partial charge in [0.25, 0.3) is 11.8 Å². The van der Waals surface area contributed by atoms with Crippen molar-refractivity contribution in [1.82, 2.24) is 25.0 Å². The van der Waals surface area contributed by atoms with E-state index in [9.17, 15) is 9.59 Å². The number of aromatic nitrogens is 3. The zero-order valence-electron chi connectivity index (χ0n) is 20.6. The number of hydrogen-bond acceptors (Lipinski definition) is 6. The molecule has 0 saturated heterocycles. The van der Waals surface area contributed by atoms with E-state index in [-0.39, 0.29) is 11.8 Å². The van der Waals surface area contributed by atoms with Gasteiger partial charge in [-0.05, 0) is 29.7 Å². The molecule has 2 aromatic heterocycles. The maximum atomic E-state index is 13.5. The van der Waals surface area contributed by atoms with Crippen molar-refractivity contribution in [2.45, 2.75) is 39.9 Å². The summed E-state index contributed by atoms with van der Waals surface area (Å²) in [4.78, 5) is 32.5. The van der Waals surface area contributed by atoms with E-state index in [4.69, 9.17) is 9.47 Å². The summed E-state index contributed by atoms with van der Waals surface area (Å²) < 4.78 is 12.8. The topological polar surface area (TPSA) is 98.6 Å². The number of pyridine rings is 1. The minimum Gasteiger partial charge on any atom is -0.493 e. The van der Waals surface area contributed by atoms with Gasteiger partial charge in [-0.2, -0.15) is 5.10 Å². The number of ether oxygens (including phenoxy) is 2. The lowest BCUT2D eigenvalue weighted by Gasteiger charge is -2.28. The Hall–Kier alpha value is -3.88. The second kappa shape index (κ2) is 10.6. The van der Waals surface area contributed by atoms with E-state index in [1.165, 1.54) is 7.11 Å². The maximum absolute atomic E-state index is 13.5. The molecule has 35 heavy (non-hydrogen) atoms. The summed E-state index contributed by atoms with van der Waals surface area (Å²) in [6, 6.07) is 8.98. The lowest BCUT2D eigenvalue weighted by atomic mass is 10.0. The number of nitrogens with zero attached hydrogens (tertiary/aromatic N) is 4. The van der Waals surface area contributed by atoms with E-state index >= 15 is 0 Å². The van der Waals surface area contributed by atoms with Gasteiger partial charge in [-0.3, -0.25) is 19.3 Å². The Balaban J connectivity index is 1.62. The molecule has 2 amide bonds. The quantitative estimate of drug-likeness (QED) is 0.535. The zero-order chi connectivity index (χ0) is 24.9. The summed E-state index contributed by atoms with van der Waals surface area (Å²) in [6.45, 7) is 6.10. The highest BCUT2D eigenvalue weighted by molar-refractivity contribution is 5.98. The number of amides is 2. The van der Waals surface area contributed by atoms with Crippen LogP contribution in [-0.2, 0) is 26.1 Å². The number of carbonyl (C=O) groups excluding carboxylic acids is 2. The standard InChI is InChI=1S/C26H31N5O4/c1-17(2)15-31-21-10-12-30(26(33)19-8-5-9-22(34-3)24(19)35-4)16-20(21)23(29-31)25(32)28-14-18-7-6-11-27-13-18/h5-9,11,13,17H,10,12,14-16H2,1-4H3,(H,28,32). The van der Waals surface area contributed by atoms with E-state index in [0.29, 0.717) is 61.3 Å². The lowest BCUT2D eigenvalue weighted by molar-refractivity contribution is 0.0726. The van der Waals surface area contributed by atoms with Crippen molar-refractivity contribution >= 4 is 11.8 Å². The minimum absolute atomic E-state index is 0.176. The van der Waals surface area contributed by atoms with Crippen LogP contribution in [0.5, 0.6) is 11.5 Å². The molecule has 3 aromatic rings. The molecule has 1 aliphatic rings. The molecule has 3 heterocycles. The summed E-state index contributed by atoms with van der Waals surface area (Å²) in [6.07, 6.45) is 4.02. The largest absolute Gasteiger partial charge is 0.493 e. The van der Waals surface area contributed by atoms with Gasteiger partial charge in [0.2, 0.25) is 0 Å². The number of nitrogens with one attached hydrogen (secondary N) is 1. The summed E-state index contributed by atoms with van der Waals surface area (Å²) >= 11 is 0. The molecule has 0 aliphatic carbocycles. The number of para-hydroxylation sites is 1. The summed E-state index contributed by atoms with van der Waals surface area (Å²) in [5, 5.41) is 7.62. The van der Waals surface area contributed by atoms with Crippen LogP contribution in [0, 0.1) is 5.92 Å². The molecule has 1 N–H and O–H groups in total. The van der Waals surface area contributed by atoms with Crippen LogP contribution in [0.3, 0.4) is 0 Å². The Labute approximate surface area is 205 Å². The summed E-state index contributed by atoms with van der Waals surface area (Å²) in [5.41, 5.74) is 3.48. The van der Waals surface area contributed by atoms with Gasteiger partial charge in [0.05, 0.1) is 26.3 Å². The molecular formula is C26H31N5O4. The Kier molecular flexibility index (Phi) is 7.33. The first kappa shape index (κ1) is 24.3. The molecule has 0 fully saturated rings. The first-order valence-corrected chi connectivity index (χ1v) is 11.7. The molecule has 0 radical (unpaired) electrons. The first-order valence-electron chi connectivity index (χ1n) is 11.7. The van der Waals surface area contributed by atoms with Gasteiger partial charge in [0.15, 0.2) is 17.2 Å². The fraction of sp³-hybridized carbons (Fsp3) is 0.385. The SMILES string of the molecule is COc1cccc(C(=O)N2CCc3c(c(C(=O)NCc4cccnc4)nn3CC(C)C)C2)c1OC. The predicted octanol–water partition coefficient (Wildman–Crippen LogP) is 3.08. The van der Waals surface area contributed by atoms with Crippen molar-refractivity contribution in [2.75, 3.05) is 20.8 Å². The van der Waals surface area contributed by atoms with Gasteiger partial charge in [-0.1, -0.05) is 26.0 Å². The van der Waals surface area contributed by atoms with Gasteiger partial charge in [-0.25, -0.2) is 0 Å². The Morgan fingerprint density at radius 3 is 2.66 bits per heavy atom. The van der Waals surface area contributed by atoms with Crippen LogP contribution < -0.4 is 14.8 Å². The monoisotopic (exact) mass is 477 g/mol. The average molecular weight is 478 g/mol. The van der Waals surface area contributed by atoms with Crippen molar-refractivity contribution in [3.63, 3.8) is 0 Å². The number of hydrogen-bond donors (Lipinski definition) is 1. The highest BCUT2D eigenvalue weighted by atomic mass is 16.5. The van der Waals surface area contributed by atoms with Gasteiger partial charge in [0.1, 0.15) is 0 Å². The fourth-order valence-corrected chi connectivity index (χ4v) is 4.34. The second-order valence-electron chi connectivity index (χ2n) is 8.91. The Morgan fingerprint density at radius 2 is 1.97 bits per heavy atom. The Bertz CT molecular complexity index is 1210. The smallest absolute Gasteiger partial charge is 0.272 e. The van der Waals surface area contributed by atoms with Crippen molar-refractivity contribution < 1.29 is 19.1 Å². The normalized spacial score (nSPS) is 12.9. The molecule has 184 valence electrons. The number of fused-ring (bicyclic) bond motifs is 1. The third-order valence-electron chi connectivity index (χ3n) is 5.98. The number of rotatable bonds is 8. The van der Waals surface area contributed by atoms with Crippen molar-refractivity contribution in [3.8, 4) is 11.5 Å². The third kappa shape index (κ3) is 5.13. The molecule has 0 bridgehead atoms. The molecule has 9 heteroatoms. The van der Waals surface area contributed by atoms with Crippen LogP contribution >= 0.6 is 0 Å². The number of benzene rings is 1. The number of carbonyl (C=O) groups is 2. The second-order valence-corrected chi connectivity index (χ2v) is 8.91. The minimum atomic E-state index is -0.263. The predicted molar refractivity (Wildman–Crippen MR) is 130 cm³/mol. The maximum Gasteiger partial charge on any atom is 0.272 e. The number of methoxy groups -OCH3 is 2. The van der Waals surface area contributed by atoms with Crippen LogP contribution in [0.4, 0.5) is 0 Å². The van der Waals surface area contributed by atoms with E-state index in [1.54, 1.807) is 42.6 Å². The van der Waals surface area contributed by atoms with Gasteiger partial charge in [-0.15, -0.1) is 0 Å². The van der Waals surface area contributed by atoms with Gasteiger partial charge < -0.3 is 19.7 Å².